The van der Waals surface area contributed by atoms with Gasteiger partial charge in [-0.05, 0) is 57.8 Å². The van der Waals surface area contributed by atoms with Gasteiger partial charge >= 0.3 is 5.97 Å². The number of amides is 1. The predicted molar refractivity (Wildman–Crippen MR) is 241 cm³/mol. The molecule has 2 atom stereocenters. The summed E-state index contributed by atoms with van der Waals surface area (Å²) < 4.78 is 5.46. The van der Waals surface area contributed by atoms with Crippen molar-refractivity contribution in [1.82, 2.24) is 5.32 Å². The first-order valence-corrected chi connectivity index (χ1v) is 24.6. The lowest BCUT2D eigenvalue weighted by Gasteiger charge is -2.20. The Kier molecular flexibility index (Phi) is 44.7. The summed E-state index contributed by atoms with van der Waals surface area (Å²) >= 11 is 0. The van der Waals surface area contributed by atoms with Crippen LogP contribution in [0.15, 0.2) is 24.3 Å². The minimum Gasteiger partial charge on any atom is -0.466 e. The first-order valence-electron chi connectivity index (χ1n) is 24.6. The van der Waals surface area contributed by atoms with Crippen LogP contribution in [0.3, 0.4) is 0 Å². The molecule has 0 radical (unpaired) electrons. The summed E-state index contributed by atoms with van der Waals surface area (Å²) in [6.45, 7) is 4.83. The van der Waals surface area contributed by atoms with Crippen LogP contribution in [0.25, 0.3) is 0 Å². The summed E-state index contributed by atoms with van der Waals surface area (Å²) in [5, 5.41) is 22.9. The SMILES string of the molecule is CCCCCCCCC/C=C\CCCCCCCCCC(=O)OCCCCCCCCCCCCCC(=O)NC(CO)C(O)/C=C/CCCCCCCCCC. The van der Waals surface area contributed by atoms with Crippen molar-refractivity contribution in [2.75, 3.05) is 13.2 Å². The van der Waals surface area contributed by atoms with E-state index in [0.29, 0.717) is 19.4 Å². The number of allylic oxidation sites excluding steroid dienone is 3. The van der Waals surface area contributed by atoms with Gasteiger partial charge in [-0.1, -0.05) is 212 Å². The highest BCUT2D eigenvalue weighted by Crippen LogP contribution is 2.15. The molecule has 0 heterocycles. The minimum absolute atomic E-state index is 0.0192. The highest BCUT2D eigenvalue weighted by molar-refractivity contribution is 5.76. The Morgan fingerprint density at radius 1 is 0.482 bits per heavy atom. The molecule has 1 amide bonds. The summed E-state index contributed by atoms with van der Waals surface area (Å²) in [7, 11) is 0. The summed E-state index contributed by atoms with van der Waals surface area (Å²) in [6, 6.07) is -0.640. The van der Waals surface area contributed by atoms with Gasteiger partial charge in [-0.25, -0.2) is 0 Å². The molecule has 330 valence electrons. The van der Waals surface area contributed by atoms with Gasteiger partial charge in [0.15, 0.2) is 0 Å². The van der Waals surface area contributed by atoms with Crippen LogP contribution in [0.1, 0.15) is 258 Å². The molecule has 0 aliphatic heterocycles. The Morgan fingerprint density at radius 3 is 1.27 bits per heavy atom. The Bertz CT molecular complexity index is 874. The second-order valence-electron chi connectivity index (χ2n) is 16.8. The molecule has 0 saturated carbocycles. The first kappa shape index (κ1) is 54.3. The van der Waals surface area contributed by atoms with E-state index in [4.69, 9.17) is 4.74 Å². The van der Waals surface area contributed by atoms with E-state index in [1.54, 1.807) is 6.08 Å². The zero-order valence-electron chi connectivity index (χ0n) is 37.4. The zero-order valence-corrected chi connectivity index (χ0v) is 37.4. The molecule has 0 aromatic heterocycles. The van der Waals surface area contributed by atoms with Crippen LogP contribution >= 0.6 is 0 Å². The minimum atomic E-state index is -0.854. The molecule has 0 rings (SSSR count). The molecular formula is C50H95NO5. The van der Waals surface area contributed by atoms with Gasteiger partial charge < -0.3 is 20.3 Å². The van der Waals surface area contributed by atoms with Crippen LogP contribution in [-0.2, 0) is 14.3 Å². The molecule has 6 heteroatoms. The van der Waals surface area contributed by atoms with Crippen LogP contribution in [0.2, 0.25) is 0 Å². The normalized spacial score (nSPS) is 12.9. The molecule has 0 spiro atoms. The largest absolute Gasteiger partial charge is 0.466 e. The number of hydrogen-bond donors (Lipinski definition) is 3. The van der Waals surface area contributed by atoms with Gasteiger partial charge in [-0.3, -0.25) is 9.59 Å². The predicted octanol–water partition coefficient (Wildman–Crippen LogP) is 14.3. The van der Waals surface area contributed by atoms with E-state index in [2.05, 4.69) is 31.3 Å². The van der Waals surface area contributed by atoms with Crippen molar-refractivity contribution in [3.05, 3.63) is 24.3 Å². The molecule has 6 nitrogen and oxygen atoms in total. The Hall–Kier alpha value is -1.66. The Balaban J connectivity index is 3.46. The Labute approximate surface area is 348 Å². The van der Waals surface area contributed by atoms with Gasteiger partial charge in [-0.15, -0.1) is 0 Å². The van der Waals surface area contributed by atoms with Crippen molar-refractivity contribution in [3.8, 4) is 0 Å². The molecule has 3 N–H and O–H groups in total. The number of hydrogen-bond acceptors (Lipinski definition) is 5. The van der Waals surface area contributed by atoms with Crippen molar-refractivity contribution in [1.29, 1.82) is 0 Å². The lowest BCUT2D eigenvalue weighted by atomic mass is 10.0. The van der Waals surface area contributed by atoms with Crippen molar-refractivity contribution in [2.45, 2.75) is 270 Å². The topological polar surface area (TPSA) is 95.9 Å². The molecule has 0 aromatic rings. The average molecular weight is 790 g/mol. The van der Waals surface area contributed by atoms with E-state index >= 15 is 0 Å². The standard InChI is InChI=1S/C50H95NO5/c1-3-5-7-9-11-13-15-16-17-18-19-20-21-24-28-32-36-40-44-50(55)56-45-41-37-33-29-25-22-23-27-31-35-39-43-49(54)51-47(46-52)48(53)42-38-34-30-26-14-12-10-8-6-4-2/h17-18,38,42,47-48,52-53H,3-16,19-37,39-41,43-46H2,1-2H3,(H,51,54)/b18-17-,42-38+. The van der Waals surface area contributed by atoms with Crippen LogP contribution in [0, 0.1) is 0 Å². The fourth-order valence-electron chi connectivity index (χ4n) is 7.39. The van der Waals surface area contributed by atoms with Crippen molar-refractivity contribution < 1.29 is 24.5 Å². The average Bonchev–Trinajstić information content (AvgIpc) is 3.20. The molecule has 0 fully saturated rings. The van der Waals surface area contributed by atoms with Gasteiger partial charge in [-0.2, -0.15) is 0 Å². The molecule has 0 aliphatic carbocycles. The number of unbranched alkanes of at least 4 members (excludes halogenated alkanes) is 32. The van der Waals surface area contributed by atoms with E-state index in [9.17, 15) is 19.8 Å². The molecule has 2 unspecified atom stereocenters. The quantitative estimate of drug-likeness (QED) is 0.0324. The fourth-order valence-corrected chi connectivity index (χ4v) is 7.39. The maximum Gasteiger partial charge on any atom is 0.305 e. The zero-order chi connectivity index (χ0) is 40.8. The molecule has 0 aromatic carbocycles. The third kappa shape index (κ3) is 42.0. The van der Waals surface area contributed by atoms with Crippen molar-refractivity contribution in [3.63, 3.8) is 0 Å². The fraction of sp³-hybridized carbons (Fsp3) is 0.880. The third-order valence-corrected chi connectivity index (χ3v) is 11.2. The van der Waals surface area contributed by atoms with E-state index in [1.165, 1.54) is 173 Å². The lowest BCUT2D eigenvalue weighted by molar-refractivity contribution is -0.143. The highest BCUT2D eigenvalue weighted by Gasteiger charge is 2.18. The molecule has 0 aliphatic rings. The number of carbonyl (C=O) groups excluding carboxylic acids is 2. The number of nitrogens with one attached hydrogen (secondary N) is 1. The monoisotopic (exact) mass is 790 g/mol. The third-order valence-electron chi connectivity index (χ3n) is 11.2. The van der Waals surface area contributed by atoms with Gasteiger partial charge in [0.2, 0.25) is 5.91 Å². The van der Waals surface area contributed by atoms with Crippen molar-refractivity contribution in [2.24, 2.45) is 0 Å². The van der Waals surface area contributed by atoms with Gasteiger partial charge in [0.25, 0.3) is 0 Å². The van der Waals surface area contributed by atoms with E-state index < -0.39 is 12.1 Å². The van der Waals surface area contributed by atoms with E-state index in [-0.39, 0.29) is 18.5 Å². The van der Waals surface area contributed by atoms with Crippen LogP contribution < -0.4 is 5.32 Å². The van der Waals surface area contributed by atoms with Crippen molar-refractivity contribution >= 4 is 11.9 Å². The summed E-state index contributed by atoms with van der Waals surface area (Å²) in [6.07, 6.45) is 53.1. The highest BCUT2D eigenvalue weighted by atomic mass is 16.5. The molecule has 0 saturated heterocycles. The van der Waals surface area contributed by atoms with Crippen LogP contribution in [-0.4, -0.2) is 47.4 Å². The number of carbonyl (C=O) groups is 2. The van der Waals surface area contributed by atoms with Crippen LogP contribution in [0.5, 0.6) is 0 Å². The maximum absolute atomic E-state index is 12.4. The number of aliphatic hydroxyl groups excluding tert-OH is 2. The lowest BCUT2D eigenvalue weighted by Crippen LogP contribution is -2.45. The number of rotatable bonds is 45. The maximum atomic E-state index is 12.4. The van der Waals surface area contributed by atoms with E-state index in [0.717, 1.165) is 57.8 Å². The molecule has 0 bridgehead atoms. The molecular weight excluding hydrogens is 695 g/mol. The van der Waals surface area contributed by atoms with Gasteiger partial charge in [0, 0.05) is 12.8 Å². The smallest absolute Gasteiger partial charge is 0.305 e. The number of esters is 1. The second-order valence-corrected chi connectivity index (χ2v) is 16.8. The Morgan fingerprint density at radius 2 is 0.839 bits per heavy atom. The molecule has 56 heavy (non-hydrogen) atoms. The number of ether oxygens (including phenoxy) is 1. The summed E-state index contributed by atoms with van der Waals surface area (Å²) in [5.74, 6) is -0.108. The second kappa shape index (κ2) is 46.0. The first-order chi connectivity index (χ1) is 27.5. The summed E-state index contributed by atoms with van der Waals surface area (Å²) in [5.41, 5.74) is 0. The van der Waals surface area contributed by atoms with Gasteiger partial charge in [0.05, 0.1) is 25.4 Å². The van der Waals surface area contributed by atoms with E-state index in [1.807, 2.05) is 6.08 Å². The number of aliphatic hydroxyl groups is 2. The van der Waals surface area contributed by atoms with Crippen LogP contribution in [0.4, 0.5) is 0 Å². The summed E-state index contributed by atoms with van der Waals surface area (Å²) in [4.78, 5) is 24.4. The van der Waals surface area contributed by atoms with Gasteiger partial charge in [0.1, 0.15) is 0 Å².